The molecule has 0 radical (unpaired) electrons. The third kappa shape index (κ3) is 7.00. The van der Waals surface area contributed by atoms with E-state index >= 15 is 0 Å². The molecule has 0 aliphatic heterocycles. The van der Waals surface area contributed by atoms with Gasteiger partial charge < -0.3 is 15.4 Å². The molecule has 0 unspecified atom stereocenters. The standard InChI is InChI=1S/C16H23N5OS.HI/c1-4-17-16(18-8-7-15-20-9-12(2)23-15)21-11-13-5-6-14(22-3)19-10-13;/h5-6,9-10H,4,7-8,11H2,1-3H3,(H2,17,18,21);1H. The second kappa shape index (κ2) is 11.2. The molecule has 6 nitrogen and oxygen atoms in total. The van der Waals surface area contributed by atoms with Crippen molar-refractivity contribution in [2.45, 2.75) is 26.8 Å². The summed E-state index contributed by atoms with van der Waals surface area (Å²) in [4.78, 5) is 14.4. The maximum Gasteiger partial charge on any atom is 0.212 e. The summed E-state index contributed by atoms with van der Waals surface area (Å²) < 4.78 is 5.05. The van der Waals surface area contributed by atoms with Gasteiger partial charge in [0.25, 0.3) is 0 Å². The number of halogens is 1. The monoisotopic (exact) mass is 461 g/mol. The molecule has 0 atom stereocenters. The zero-order valence-corrected chi connectivity index (χ0v) is 17.4. The van der Waals surface area contributed by atoms with E-state index in [-0.39, 0.29) is 24.0 Å². The molecule has 2 aromatic heterocycles. The fourth-order valence-electron chi connectivity index (χ4n) is 1.94. The van der Waals surface area contributed by atoms with Crippen LogP contribution in [0.25, 0.3) is 0 Å². The molecule has 0 amide bonds. The third-order valence-electron chi connectivity index (χ3n) is 3.07. The zero-order chi connectivity index (χ0) is 16.5. The summed E-state index contributed by atoms with van der Waals surface area (Å²) in [5.41, 5.74) is 1.04. The van der Waals surface area contributed by atoms with E-state index in [1.54, 1.807) is 24.6 Å². The molecule has 0 aliphatic rings. The smallest absolute Gasteiger partial charge is 0.212 e. The highest BCUT2D eigenvalue weighted by Crippen LogP contribution is 2.11. The quantitative estimate of drug-likeness (QED) is 0.377. The van der Waals surface area contributed by atoms with Gasteiger partial charge in [-0.1, -0.05) is 6.07 Å². The van der Waals surface area contributed by atoms with E-state index < -0.39 is 0 Å². The minimum atomic E-state index is 0. The predicted molar refractivity (Wildman–Crippen MR) is 110 cm³/mol. The molecule has 0 aromatic carbocycles. The number of nitrogens with one attached hydrogen (secondary N) is 2. The summed E-state index contributed by atoms with van der Waals surface area (Å²) in [6.45, 7) is 6.32. The van der Waals surface area contributed by atoms with E-state index in [2.05, 4.69) is 39.4 Å². The molecule has 0 aliphatic carbocycles. The van der Waals surface area contributed by atoms with Crippen LogP contribution in [0.4, 0.5) is 0 Å². The van der Waals surface area contributed by atoms with Crippen molar-refractivity contribution in [2.75, 3.05) is 20.2 Å². The van der Waals surface area contributed by atoms with E-state index in [0.29, 0.717) is 12.4 Å². The van der Waals surface area contributed by atoms with Crippen LogP contribution in [-0.4, -0.2) is 36.1 Å². The highest BCUT2D eigenvalue weighted by Gasteiger charge is 2.01. The molecule has 2 N–H and O–H groups in total. The summed E-state index contributed by atoms with van der Waals surface area (Å²) in [5.74, 6) is 1.41. The zero-order valence-electron chi connectivity index (χ0n) is 14.2. The number of guanidine groups is 1. The van der Waals surface area contributed by atoms with Crippen LogP contribution in [0.15, 0.2) is 29.5 Å². The molecule has 24 heavy (non-hydrogen) atoms. The first-order valence-corrected chi connectivity index (χ1v) is 8.45. The molecule has 8 heteroatoms. The van der Waals surface area contributed by atoms with Crippen LogP contribution in [-0.2, 0) is 13.0 Å². The van der Waals surface area contributed by atoms with Crippen molar-refractivity contribution in [2.24, 2.45) is 4.99 Å². The van der Waals surface area contributed by atoms with Crippen LogP contribution < -0.4 is 15.4 Å². The number of aryl methyl sites for hydroxylation is 1. The van der Waals surface area contributed by atoms with Crippen LogP contribution in [0.2, 0.25) is 0 Å². The summed E-state index contributed by atoms with van der Waals surface area (Å²) in [5, 5.41) is 7.72. The van der Waals surface area contributed by atoms with Gasteiger partial charge in [-0.25, -0.2) is 15.0 Å². The number of methoxy groups -OCH3 is 1. The number of nitrogens with zero attached hydrogens (tertiary/aromatic N) is 3. The maximum atomic E-state index is 5.05. The lowest BCUT2D eigenvalue weighted by molar-refractivity contribution is 0.397. The van der Waals surface area contributed by atoms with Crippen LogP contribution in [0.5, 0.6) is 5.88 Å². The second-order valence-corrected chi connectivity index (χ2v) is 6.26. The first-order valence-electron chi connectivity index (χ1n) is 7.63. The average molecular weight is 461 g/mol. The number of hydrogen-bond acceptors (Lipinski definition) is 5. The van der Waals surface area contributed by atoms with Gasteiger partial charge in [0.15, 0.2) is 5.96 Å². The molecular formula is C16H24IN5OS. The Hall–Kier alpha value is -1.42. The van der Waals surface area contributed by atoms with Gasteiger partial charge in [-0.3, -0.25) is 0 Å². The number of pyridine rings is 1. The van der Waals surface area contributed by atoms with Crippen LogP contribution in [0, 0.1) is 6.92 Å². The molecule has 2 heterocycles. The Bertz CT molecular complexity index is 630. The van der Waals surface area contributed by atoms with E-state index in [4.69, 9.17) is 4.74 Å². The van der Waals surface area contributed by atoms with E-state index in [0.717, 1.165) is 36.0 Å². The number of aromatic nitrogens is 2. The maximum absolute atomic E-state index is 5.05. The number of aliphatic imine (C=N–C) groups is 1. The lowest BCUT2D eigenvalue weighted by Gasteiger charge is -2.10. The SMILES string of the molecule is CCNC(=NCc1ccc(OC)nc1)NCCc1ncc(C)s1.I. The van der Waals surface area contributed by atoms with Crippen LogP contribution >= 0.6 is 35.3 Å². The van der Waals surface area contributed by atoms with Crippen LogP contribution in [0.3, 0.4) is 0 Å². The highest BCUT2D eigenvalue weighted by atomic mass is 127. The Morgan fingerprint density at radius 2 is 2.08 bits per heavy atom. The average Bonchev–Trinajstić information content (AvgIpc) is 2.98. The summed E-state index contributed by atoms with van der Waals surface area (Å²) in [7, 11) is 1.61. The number of rotatable bonds is 7. The largest absolute Gasteiger partial charge is 0.481 e. The van der Waals surface area contributed by atoms with Crippen molar-refractivity contribution in [3.8, 4) is 5.88 Å². The molecular weight excluding hydrogens is 437 g/mol. The Balaban J connectivity index is 0.00000288. The van der Waals surface area contributed by atoms with Crippen molar-refractivity contribution >= 4 is 41.3 Å². The van der Waals surface area contributed by atoms with Gasteiger partial charge in [0.05, 0.1) is 18.7 Å². The van der Waals surface area contributed by atoms with Gasteiger partial charge in [0.1, 0.15) is 0 Å². The fourth-order valence-corrected chi connectivity index (χ4v) is 2.73. The minimum absolute atomic E-state index is 0. The summed E-state index contributed by atoms with van der Waals surface area (Å²) in [6.07, 6.45) is 4.59. The van der Waals surface area contributed by atoms with E-state index in [9.17, 15) is 0 Å². The summed E-state index contributed by atoms with van der Waals surface area (Å²) >= 11 is 1.73. The number of thiazole rings is 1. The highest BCUT2D eigenvalue weighted by molar-refractivity contribution is 14.0. The first-order chi connectivity index (χ1) is 11.2. The summed E-state index contributed by atoms with van der Waals surface area (Å²) in [6, 6.07) is 3.81. The van der Waals surface area contributed by atoms with Crippen molar-refractivity contribution < 1.29 is 4.74 Å². The van der Waals surface area contributed by atoms with Crippen molar-refractivity contribution in [3.05, 3.63) is 40.0 Å². The Kier molecular flexibility index (Phi) is 9.62. The van der Waals surface area contributed by atoms with Gasteiger partial charge in [-0.2, -0.15) is 0 Å². The lowest BCUT2D eigenvalue weighted by Crippen LogP contribution is -2.38. The third-order valence-corrected chi connectivity index (χ3v) is 4.04. The van der Waals surface area contributed by atoms with Gasteiger partial charge >= 0.3 is 0 Å². The molecule has 0 spiro atoms. The van der Waals surface area contributed by atoms with Gasteiger partial charge in [0.2, 0.25) is 5.88 Å². The Labute approximate surface area is 164 Å². The Morgan fingerprint density at radius 3 is 2.67 bits per heavy atom. The minimum Gasteiger partial charge on any atom is -0.481 e. The van der Waals surface area contributed by atoms with Gasteiger partial charge in [-0.15, -0.1) is 35.3 Å². The molecule has 0 fully saturated rings. The second-order valence-electron chi connectivity index (χ2n) is 4.95. The predicted octanol–water partition coefficient (Wildman–Crippen LogP) is 2.77. The van der Waals surface area contributed by atoms with E-state index in [1.165, 1.54) is 4.88 Å². The van der Waals surface area contributed by atoms with Crippen LogP contribution in [0.1, 0.15) is 22.4 Å². The van der Waals surface area contributed by atoms with Crippen molar-refractivity contribution in [1.29, 1.82) is 0 Å². The normalized spacial score (nSPS) is 10.9. The molecule has 2 aromatic rings. The molecule has 2 rings (SSSR count). The molecule has 0 saturated heterocycles. The number of hydrogen-bond donors (Lipinski definition) is 2. The molecule has 132 valence electrons. The topological polar surface area (TPSA) is 71.4 Å². The Morgan fingerprint density at radius 1 is 1.25 bits per heavy atom. The lowest BCUT2D eigenvalue weighted by atomic mass is 10.3. The van der Waals surface area contributed by atoms with E-state index in [1.807, 2.05) is 18.3 Å². The number of ether oxygens (including phenoxy) is 1. The molecule has 0 saturated carbocycles. The van der Waals surface area contributed by atoms with Crippen molar-refractivity contribution in [1.82, 2.24) is 20.6 Å². The first kappa shape index (κ1) is 20.6. The fraction of sp³-hybridized carbons (Fsp3) is 0.438. The van der Waals surface area contributed by atoms with Crippen molar-refractivity contribution in [3.63, 3.8) is 0 Å². The molecule has 0 bridgehead atoms. The van der Waals surface area contributed by atoms with Gasteiger partial charge in [-0.05, 0) is 19.4 Å². The van der Waals surface area contributed by atoms with Gasteiger partial charge in [0, 0.05) is 42.8 Å².